The van der Waals surface area contributed by atoms with Gasteiger partial charge in [-0.25, -0.2) is 0 Å². The molecule has 0 unspecified atom stereocenters. The normalized spacial score (nSPS) is 12.2. The third kappa shape index (κ3) is 1.92. The maximum absolute atomic E-state index is 2.29. The highest BCUT2D eigenvalue weighted by atomic mass is 32.1. The molecule has 114 valence electrons. The molecule has 0 spiro atoms. The average Bonchev–Trinajstić information content (AvgIpc) is 3.00. The SMILES string of the molecule is C/C=C/c1ccc2c(ccc3c2ccc2sc4ccccc4c23)c1. The van der Waals surface area contributed by atoms with Crippen LogP contribution in [0.5, 0.6) is 0 Å². The van der Waals surface area contributed by atoms with Crippen molar-refractivity contribution < 1.29 is 0 Å². The summed E-state index contributed by atoms with van der Waals surface area (Å²) in [5.41, 5.74) is 1.26. The molecule has 0 amide bonds. The predicted octanol–water partition coefficient (Wildman–Crippen LogP) is 7.39. The van der Waals surface area contributed by atoms with Crippen molar-refractivity contribution in [1.82, 2.24) is 0 Å². The highest BCUT2D eigenvalue weighted by molar-refractivity contribution is 7.26. The van der Waals surface area contributed by atoms with Gasteiger partial charge in [-0.3, -0.25) is 0 Å². The summed E-state index contributed by atoms with van der Waals surface area (Å²) in [6.45, 7) is 2.06. The van der Waals surface area contributed by atoms with E-state index in [2.05, 4.69) is 85.8 Å². The van der Waals surface area contributed by atoms with Gasteiger partial charge in [0.25, 0.3) is 0 Å². The Morgan fingerprint density at radius 1 is 0.708 bits per heavy atom. The van der Waals surface area contributed by atoms with Crippen LogP contribution < -0.4 is 0 Å². The van der Waals surface area contributed by atoms with E-state index >= 15 is 0 Å². The molecule has 0 atom stereocenters. The standard InChI is InChI=1S/C23H16S/c1-2-5-15-8-10-17-16(14-15)9-11-19-18(17)12-13-22-23(19)20-6-3-4-7-21(20)24-22/h2-14H,1H3/b5-2+. The number of rotatable bonds is 1. The van der Waals surface area contributed by atoms with E-state index in [9.17, 15) is 0 Å². The Hall–Kier alpha value is -2.64. The van der Waals surface area contributed by atoms with Gasteiger partial charge >= 0.3 is 0 Å². The number of thiophene rings is 1. The molecule has 24 heavy (non-hydrogen) atoms. The molecule has 0 aliphatic rings. The Bertz CT molecular complexity index is 1250. The first-order chi connectivity index (χ1) is 11.8. The van der Waals surface area contributed by atoms with Crippen LogP contribution in [0.4, 0.5) is 0 Å². The van der Waals surface area contributed by atoms with Crippen LogP contribution in [0.15, 0.2) is 72.8 Å². The second kappa shape index (κ2) is 5.19. The van der Waals surface area contributed by atoms with E-state index in [0.29, 0.717) is 0 Å². The molecule has 0 N–H and O–H groups in total. The predicted molar refractivity (Wildman–Crippen MR) is 109 cm³/mol. The summed E-state index contributed by atoms with van der Waals surface area (Å²) < 4.78 is 2.73. The number of allylic oxidation sites excluding steroid dienone is 1. The first-order valence-electron chi connectivity index (χ1n) is 8.24. The zero-order valence-corrected chi connectivity index (χ0v) is 14.2. The fraction of sp³-hybridized carbons (Fsp3) is 0.0435. The second-order valence-electron chi connectivity index (χ2n) is 6.18. The van der Waals surface area contributed by atoms with Crippen molar-refractivity contribution in [2.24, 2.45) is 0 Å². The first-order valence-corrected chi connectivity index (χ1v) is 9.06. The fourth-order valence-corrected chi connectivity index (χ4v) is 4.81. The molecule has 1 heterocycles. The lowest BCUT2D eigenvalue weighted by Gasteiger charge is -2.07. The molecule has 0 nitrogen and oxygen atoms in total. The van der Waals surface area contributed by atoms with Crippen molar-refractivity contribution >= 4 is 59.1 Å². The lowest BCUT2D eigenvalue weighted by Crippen LogP contribution is -1.80. The number of hydrogen-bond donors (Lipinski definition) is 0. The molecule has 5 rings (SSSR count). The third-order valence-electron chi connectivity index (χ3n) is 4.74. The first kappa shape index (κ1) is 13.8. The van der Waals surface area contributed by atoms with Gasteiger partial charge in [-0.1, -0.05) is 60.7 Å². The second-order valence-corrected chi connectivity index (χ2v) is 7.26. The van der Waals surface area contributed by atoms with E-state index in [4.69, 9.17) is 0 Å². The highest BCUT2D eigenvalue weighted by Gasteiger charge is 2.10. The topological polar surface area (TPSA) is 0 Å². The molecule has 0 aliphatic heterocycles. The van der Waals surface area contributed by atoms with Crippen LogP contribution >= 0.6 is 11.3 Å². The maximum Gasteiger partial charge on any atom is 0.0361 e. The van der Waals surface area contributed by atoms with Gasteiger partial charge in [0.1, 0.15) is 0 Å². The minimum absolute atomic E-state index is 1.26. The van der Waals surface area contributed by atoms with Crippen molar-refractivity contribution in [3.05, 3.63) is 78.4 Å². The molecular weight excluding hydrogens is 308 g/mol. The quantitative estimate of drug-likeness (QED) is 0.282. The molecule has 0 bridgehead atoms. The molecule has 0 saturated carbocycles. The van der Waals surface area contributed by atoms with Crippen LogP contribution in [0.3, 0.4) is 0 Å². The summed E-state index contributed by atoms with van der Waals surface area (Å²) >= 11 is 1.88. The Labute approximate surface area is 144 Å². The van der Waals surface area contributed by atoms with Crippen molar-refractivity contribution in [2.75, 3.05) is 0 Å². The van der Waals surface area contributed by atoms with E-state index in [1.165, 1.54) is 47.3 Å². The van der Waals surface area contributed by atoms with Gasteiger partial charge in [-0.05, 0) is 52.2 Å². The maximum atomic E-state index is 2.29. The summed E-state index contributed by atoms with van der Waals surface area (Å²) in [6.07, 6.45) is 4.24. The molecule has 1 aromatic heterocycles. The van der Waals surface area contributed by atoms with Crippen LogP contribution in [-0.2, 0) is 0 Å². The number of hydrogen-bond acceptors (Lipinski definition) is 1. The highest BCUT2D eigenvalue weighted by Crippen LogP contribution is 2.40. The van der Waals surface area contributed by atoms with Gasteiger partial charge in [0.2, 0.25) is 0 Å². The van der Waals surface area contributed by atoms with Gasteiger partial charge in [0.15, 0.2) is 0 Å². The summed E-state index contributed by atoms with van der Waals surface area (Å²) in [4.78, 5) is 0. The van der Waals surface area contributed by atoms with E-state index in [1.54, 1.807) is 0 Å². The zero-order chi connectivity index (χ0) is 16.1. The van der Waals surface area contributed by atoms with Crippen molar-refractivity contribution in [2.45, 2.75) is 6.92 Å². The molecule has 0 radical (unpaired) electrons. The van der Waals surface area contributed by atoms with Crippen LogP contribution in [0.25, 0.3) is 47.8 Å². The van der Waals surface area contributed by atoms with Crippen molar-refractivity contribution in [3.63, 3.8) is 0 Å². The van der Waals surface area contributed by atoms with Crippen LogP contribution in [0.2, 0.25) is 0 Å². The summed E-state index contributed by atoms with van der Waals surface area (Å²) in [5.74, 6) is 0. The van der Waals surface area contributed by atoms with Gasteiger partial charge in [0.05, 0.1) is 0 Å². The monoisotopic (exact) mass is 324 g/mol. The summed E-state index contributed by atoms with van der Waals surface area (Å²) in [5, 5.41) is 8.10. The Balaban J connectivity index is 1.94. The van der Waals surface area contributed by atoms with Gasteiger partial charge in [-0.15, -0.1) is 11.3 Å². The van der Waals surface area contributed by atoms with Crippen molar-refractivity contribution in [3.8, 4) is 0 Å². The number of fused-ring (bicyclic) bond motifs is 7. The fourth-order valence-electron chi connectivity index (χ4n) is 3.68. The molecule has 1 heteroatoms. The van der Waals surface area contributed by atoms with Crippen molar-refractivity contribution in [1.29, 1.82) is 0 Å². The zero-order valence-electron chi connectivity index (χ0n) is 13.4. The Kier molecular flexibility index (Phi) is 2.97. The van der Waals surface area contributed by atoms with Gasteiger partial charge in [-0.2, -0.15) is 0 Å². The summed E-state index contributed by atoms with van der Waals surface area (Å²) in [7, 11) is 0. The van der Waals surface area contributed by atoms with E-state index in [-0.39, 0.29) is 0 Å². The molecule has 4 aromatic carbocycles. The molecule has 5 aromatic rings. The van der Waals surface area contributed by atoms with E-state index in [1.807, 2.05) is 11.3 Å². The molecular formula is C23H16S. The lowest BCUT2D eigenvalue weighted by atomic mass is 9.97. The van der Waals surface area contributed by atoms with Crippen LogP contribution in [-0.4, -0.2) is 0 Å². The largest absolute Gasteiger partial charge is 0.135 e. The van der Waals surface area contributed by atoms with Gasteiger partial charge in [0, 0.05) is 20.2 Å². The van der Waals surface area contributed by atoms with Gasteiger partial charge < -0.3 is 0 Å². The Morgan fingerprint density at radius 2 is 1.54 bits per heavy atom. The third-order valence-corrected chi connectivity index (χ3v) is 5.87. The lowest BCUT2D eigenvalue weighted by molar-refractivity contribution is 1.70. The van der Waals surface area contributed by atoms with Crippen LogP contribution in [0.1, 0.15) is 12.5 Å². The smallest absolute Gasteiger partial charge is 0.0361 e. The minimum Gasteiger partial charge on any atom is -0.135 e. The number of benzene rings is 4. The molecule has 0 saturated heterocycles. The van der Waals surface area contributed by atoms with E-state index < -0.39 is 0 Å². The summed E-state index contributed by atoms with van der Waals surface area (Å²) in [6, 6.07) is 24.6. The van der Waals surface area contributed by atoms with E-state index in [0.717, 1.165) is 0 Å². The minimum atomic E-state index is 1.26. The average molecular weight is 324 g/mol. The Morgan fingerprint density at radius 3 is 2.46 bits per heavy atom. The van der Waals surface area contributed by atoms with Crippen LogP contribution in [0, 0.1) is 0 Å². The molecule has 0 fully saturated rings. The molecule has 0 aliphatic carbocycles.